The SMILES string of the molecule is COC(=O)c1cc(OCc2nc(C(C)C)cs2)cc(C(=O)O)c1. The van der Waals surface area contributed by atoms with Gasteiger partial charge in [-0.15, -0.1) is 11.3 Å². The van der Waals surface area contributed by atoms with Crippen LogP contribution in [0.3, 0.4) is 0 Å². The van der Waals surface area contributed by atoms with E-state index in [9.17, 15) is 9.59 Å². The number of aromatic nitrogens is 1. The van der Waals surface area contributed by atoms with Gasteiger partial charge in [0.1, 0.15) is 17.4 Å². The molecule has 0 bridgehead atoms. The van der Waals surface area contributed by atoms with E-state index in [1.54, 1.807) is 0 Å². The van der Waals surface area contributed by atoms with Crippen LogP contribution in [0.5, 0.6) is 5.75 Å². The number of carboxylic acids is 1. The quantitative estimate of drug-likeness (QED) is 0.815. The van der Waals surface area contributed by atoms with Gasteiger partial charge < -0.3 is 14.6 Å². The Bertz CT molecular complexity index is 723. The maximum atomic E-state index is 11.6. The number of esters is 1. The molecule has 0 amide bonds. The number of nitrogens with zero attached hydrogens (tertiary/aromatic N) is 1. The molecule has 2 aromatic rings. The summed E-state index contributed by atoms with van der Waals surface area (Å²) in [5, 5.41) is 11.9. The number of hydrogen-bond donors (Lipinski definition) is 1. The molecule has 122 valence electrons. The molecule has 6 nitrogen and oxygen atoms in total. The number of rotatable bonds is 6. The largest absolute Gasteiger partial charge is 0.486 e. The second kappa shape index (κ2) is 7.23. The molecule has 1 heterocycles. The van der Waals surface area contributed by atoms with Crippen molar-refractivity contribution in [3.8, 4) is 5.75 Å². The zero-order chi connectivity index (χ0) is 17.0. The van der Waals surface area contributed by atoms with Crippen molar-refractivity contribution >= 4 is 23.3 Å². The van der Waals surface area contributed by atoms with Gasteiger partial charge in [-0.1, -0.05) is 13.8 Å². The van der Waals surface area contributed by atoms with Gasteiger partial charge >= 0.3 is 11.9 Å². The van der Waals surface area contributed by atoms with Crippen LogP contribution >= 0.6 is 11.3 Å². The molecular weight excluding hydrogens is 318 g/mol. The topological polar surface area (TPSA) is 85.7 Å². The van der Waals surface area contributed by atoms with Gasteiger partial charge in [-0.05, 0) is 24.1 Å². The lowest BCUT2D eigenvalue weighted by Crippen LogP contribution is -2.06. The Morgan fingerprint density at radius 1 is 1.26 bits per heavy atom. The van der Waals surface area contributed by atoms with Gasteiger partial charge in [0.2, 0.25) is 0 Å². The zero-order valence-electron chi connectivity index (χ0n) is 13.0. The zero-order valence-corrected chi connectivity index (χ0v) is 13.8. The second-order valence-corrected chi connectivity index (χ2v) is 6.09. The van der Waals surface area contributed by atoms with Gasteiger partial charge in [0.25, 0.3) is 0 Å². The molecule has 0 spiro atoms. The van der Waals surface area contributed by atoms with Gasteiger partial charge in [0, 0.05) is 5.38 Å². The fourth-order valence-corrected chi connectivity index (χ4v) is 2.71. The first-order valence-corrected chi connectivity index (χ1v) is 7.82. The maximum absolute atomic E-state index is 11.6. The molecule has 0 unspecified atom stereocenters. The lowest BCUT2D eigenvalue weighted by Gasteiger charge is -2.08. The van der Waals surface area contributed by atoms with Gasteiger partial charge in [0.05, 0.1) is 23.9 Å². The summed E-state index contributed by atoms with van der Waals surface area (Å²) in [6.07, 6.45) is 0. The third-order valence-electron chi connectivity index (χ3n) is 3.10. The highest BCUT2D eigenvalue weighted by Crippen LogP contribution is 2.22. The Morgan fingerprint density at radius 3 is 2.52 bits per heavy atom. The molecular formula is C16H17NO5S. The van der Waals surface area contributed by atoms with Crippen molar-refractivity contribution in [3.05, 3.63) is 45.4 Å². The first-order chi connectivity index (χ1) is 10.9. The van der Waals surface area contributed by atoms with Gasteiger partial charge in [-0.25, -0.2) is 14.6 Å². The Labute approximate surface area is 137 Å². The summed E-state index contributed by atoms with van der Waals surface area (Å²) in [6.45, 7) is 4.32. The fourth-order valence-electron chi connectivity index (χ4n) is 1.84. The molecule has 0 atom stereocenters. The molecule has 0 aliphatic carbocycles. The van der Waals surface area contributed by atoms with Crippen molar-refractivity contribution in [2.45, 2.75) is 26.4 Å². The lowest BCUT2D eigenvalue weighted by atomic mass is 10.1. The van der Waals surface area contributed by atoms with Crippen LogP contribution in [0.25, 0.3) is 0 Å². The van der Waals surface area contributed by atoms with E-state index in [2.05, 4.69) is 23.6 Å². The van der Waals surface area contributed by atoms with Crippen molar-refractivity contribution in [3.63, 3.8) is 0 Å². The summed E-state index contributed by atoms with van der Waals surface area (Å²) >= 11 is 1.48. The summed E-state index contributed by atoms with van der Waals surface area (Å²) in [4.78, 5) is 27.2. The Kier molecular flexibility index (Phi) is 5.33. The molecule has 0 saturated heterocycles. The Morgan fingerprint density at radius 2 is 1.96 bits per heavy atom. The van der Waals surface area contributed by atoms with E-state index < -0.39 is 11.9 Å². The van der Waals surface area contributed by atoms with Crippen molar-refractivity contribution in [2.24, 2.45) is 0 Å². The number of benzene rings is 1. The van der Waals surface area contributed by atoms with Gasteiger partial charge in [-0.3, -0.25) is 0 Å². The number of ether oxygens (including phenoxy) is 2. The molecule has 0 fully saturated rings. The van der Waals surface area contributed by atoms with Crippen LogP contribution in [0.15, 0.2) is 23.6 Å². The fraction of sp³-hybridized carbons (Fsp3) is 0.312. The van der Waals surface area contributed by atoms with Crippen LogP contribution in [0.2, 0.25) is 0 Å². The smallest absolute Gasteiger partial charge is 0.338 e. The van der Waals surface area contributed by atoms with Crippen LogP contribution in [-0.4, -0.2) is 29.1 Å². The summed E-state index contributed by atoms with van der Waals surface area (Å²) in [7, 11) is 1.24. The standard InChI is InChI=1S/C16H17NO5S/c1-9(2)13-8-23-14(17-13)7-22-12-5-10(15(18)19)4-11(6-12)16(20)21-3/h4-6,8-9H,7H2,1-3H3,(H,18,19). The number of carbonyl (C=O) groups excluding carboxylic acids is 1. The molecule has 23 heavy (non-hydrogen) atoms. The predicted octanol–water partition coefficient (Wildman–Crippen LogP) is 3.33. The highest BCUT2D eigenvalue weighted by molar-refractivity contribution is 7.09. The van der Waals surface area contributed by atoms with E-state index in [1.807, 2.05) is 5.38 Å². The van der Waals surface area contributed by atoms with E-state index >= 15 is 0 Å². The van der Waals surface area contributed by atoms with Crippen molar-refractivity contribution in [2.75, 3.05) is 7.11 Å². The molecule has 2 rings (SSSR count). The van der Waals surface area contributed by atoms with Gasteiger partial charge in [-0.2, -0.15) is 0 Å². The van der Waals surface area contributed by atoms with E-state index in [-0.39, 0.29) is 23.5 Å². The summed E-state index contributed by atoms with van der Waals surface area (Å²) in [5.41, 5.74) is 1.08. The molecule has 7 heteroatoms. The Balaban J connectivity index is 2.19. The van der Waals surface area contributed by atoms with Crippen molar-refractivity contribution in [1.29, 1.82) is 0 Å². The summed E-state index contributed by atoms with van der Waals surface area (Å²) in [5.74, 6) is -1.14. The van der Waals surface area contributed by atoms with E-state index in [0.717, 1.165) is 10.7 Å². The normalized spacial score (nSPS) is 10.6. The first kappa shape index (κ1) is 17.0. The molecule has 1 aromatic carbocycles. The third-order valence-corrected chi connectivity index (χ3v) is 3.94. The molecule has 0 aliphatic heterocycles. The van der Waals surface area contributed by atoms with Crippen LogP contribution in [0.1, 0.15) is 51.2 Å². The van der Waals surface area contributed by atoms with Crippen molar-refractivity contribution in [1.82, 2.24) is 4.98 Å². The summed E-state index contributed by atoms with van der Waals surface area (Å²) in [6, 6.07) is 4.07. The number of hydrogen-bond acceptors (Lipinski definition) is 6. The predicted molar refractivity (Wildman–Crippen MR) is 85.3 cm³/mol. The highest BCUT2D eigenvalue weighted by Gasteiger charge is 2.14. The first-order valence-electron chi connectivity index (χ1n) is 6.94. The maximum Gasteiger partial charge on any atom is 0.338 e. The minimum Gasteiger partial charge on any atom is -0.486 e. The monoisotopic (exact) mass is 335 g/mol. The average molecular weight is 335 g/mol. The minimum absolute atomic E-state index is 0.0371. The second-order valence-electron chi connectivity index (χ2n) is 5.15. The molecule has 1 N–H and O–H groups in total. The molecule has 0 radical (unpaired) electrons. The minimum atomic E-state index is -1.14. The van der Waals surface area contributed by atoms with Gasteiger partial charge in [0.15, 0.2) is 0 Å². The average Bonchev–Trinajstić information content (AvgIpc) is 3.01. The molecule has 0 saturated carbocycles. The molecule has 1 aromatic heterocycles. The van der Waals surface area contributed by atoms with Crippen LogP contribution in [-0.2, 0) is 11.3 Å². The third kappa shape index (κ3) is 4.29. The number of thiazole rings is 1. The lowest BCUT2D eigenvalue weighted by molar-refractivity contribution is 0.0600. The summed E-state index contributed by atoms with van der Waals surface area (Å²) < 4.78 is 10.2. The van der Waals surface area contributed by atoms with E-state index in [4.69, 9.17) is 9.84 Å². The number of carbonyl (C=O) groups is 2. The number of carboxylic acid groups (broad SMARTS) is 1. The van der Waals surface area contributed by atoms with Crippen LogP contribution < -0.4 is 4.74 Å². The van der Waals surface area contributed by atoms with Crippen LogP contribution in [0, 0.1) is 0 Å². The van der Waals surface area contributed by atoms with Crippen LogP contribution in [0.4, 0.5) is 0 Å². The number of aromatic carboxylic acids is 1. The van der Waals surface area contributed by atoms with E-state index in [0.29, 0.717) is 5.92 Å². The Hall–Kier alpha value is -2.41. The highest BCUT2D eigenvalue weighted by atomic mass is 32.1. The van der Waals surface area contributed by atoms with E-state index in [1.165, 1.54) is 36.6 Å². The number of methoxy groups -OCH3 is 1. The van der Waals surface area contributed by atoms with Crippen molar-refractivity contribution < 1.29 is 24.2 Å². The molecule has 0 aliphatic rings.